The topological polar surface area (TPSA) is 52.5 Å². The van der Waals surface area contributed by atoms with Gasteiger partial charge in [-0.25, -0.2) is 0 Å². The monoisotopic (exact) mass is 263 g/mol. The number of halogens is 3. The van der Waals surface area contributed by atoms with E-state index < -0.39 is 23.9 Å². The molecule has 1 aromatic rings. The van der Waals surface area contributed by atoms with Crippen LogP contribution < -0.4 is 5.32 Å². The highest BCUT2D eigenvalue weighted by molar-refractivity contribution is 5.34. The Balaban J connectivity index is 3.08. The highest BCUT2D eigenvalue weighted by Gasteiger charge is 2.32. The van der Waals surface area contributed by atoms with E-state index in [4.69, 9.17) is 0 Å². The normalized spacial score (nSPS) is 15.5. The average Bonchev–Trinajstić information content (AvgIpc) is 2.27. The largest absolute Gasteiger partial charge is 0.416 e. The van der Waals surface area contributed by atoms with E-state index >= 15 is 0 Å². The van der Waals surface area contributed by atoms with Gasteiger partial charge in [0.1, 0.15) is 6.10 Å². The SMILES string of the molecule is CNCC(O)C(O)c1cc(C(F)(F)F)ccc1C. The van der Waals surface area contributed by atoms with Crippen LogP contribution in [0, 0.1) is 6.92 Å². The van der Waals surface area contributed by atoms with Crippen molar-refractivity contribution < 1.29 is 23.4 Å². The van der Waals surface area contributed by atoms with E-state index in [0.29, 0.717) is 5.56 Å². The second-order valence-corrected chi connectivity index (χ2v) is 4.14. The van der Waals surface area contributed by atoms with Crippen molar-refractivity contribution in [2.45, 2.75) is 25.3 Å². The molecule has 3 nitrogen and oxygen atoms in total. The Bertz CT molecular complexity index is 407. The van der Waals surface area contributed by atoms with E-state index in [1.807, 2.05) is 0 Å². The third kappa shape index (κ3) is 3.44. The number of hydrogen-bond acceptors (Lipinski definition) is 3. The second-order valence-electron chi connectivity index (χ2n) is 4.14. The first-order chi connectivity index (χ1) is 8.27. The van der Waals surface area contributed by atoms with Gasteiger partial charge in [-0.3, -0.25) is 0 Å². The summed E-state index contributed by atoms with van der Waals surface area (Å²) in [5.74, 6) is 0. The lowest BCUT2D eigenvalue weighted by Crippen LogP contribution is -2.30. The molecular formula is C12H16F3NO2. The minimum atomic E-state index is -4.46. The van der Waals surface area contributed by atoms with Gasteiger partial charge in [0.2, 0.25) is 0 Å². The Hall–Kier alpha value is -1.11. The van der Waals surface area contributed by atoms with Gasteiger partial charge in [-0.2, -0.15) is 13.2 Å². The van der Waals surface area contributed by atoms with Crippen LogP contribution in [-0.2, 0) is 6.18 Å². The molecule has 102 valence electrons. The number of aliphatic hydroxyl groups is 2. The molecule has 0 aliphatic heterocycles. The predicted octanol–water partition coefficient (Wildman–Crippen LogP) is 1.63. The molecule has 0 heterocycles. The lowest BCUT2D eigenvalue weighted by molar-refractivity contribution is -0.137. The Kier molecular flexibility index (Phi) is 4.72. The van der Waals surface area contributed by atoms with Crippen molar-refractivity contribution in [3.05, 3.63) is 34.9 Å². The number of rotatable bonds is 4. The maximum absolute atomic E-state index is 12.6. The quantitative estimate of drug-likeness (QED) is 0.774. The number of aliphatic hydroxyl groups excluding tert-OH is 2. The molecule has 1 rings (SSSR count). The summed E-state index contributed by atoms with van der Waals surface area (Å²) in [4.78, 5) is 0. The van der Waals surface area contributed by atoms with Gasteiger partial charge in [0.05, 0.1) is 11.7 Å². The van der Waals surface area contributed by atoms with Gasteiger partial charge in [0.15, 0.2) is 0 Å². The van der Waals surface area contributed by atoms with Crippen molar-refractivity contribution in [1.82, 2.24) is 5.32 Å². The van der Waals surface area contributed by atoms with Crippen molar-refractivity contribution in [2.24, 2.45) is 0 Å². The van der Waals surface area contributed by atoms with E-state index in [2.05, 4.69) is 5.32 Å². The molecule has 6 heteroatoms. The van der Waals surface area contributed by atoms with Crippen LogP contribution in [0.1, 0.15) is 22.8 Å². The standard InChI is InChI=1S/C12H16F3NO2/c1-7-3-4-8(12(13,14)15)5-9(7)11(18)10(17)6-16-2/h3-5,10-11,16-18H,6H2,1-2H3. The van der Waals surface area contributed by atoms with Crippen LogP contribution in [-0.4, -0.2) is 29.9 Å². The summed E-state index contributed by atoms with van der Waals surface area (Å²) in [6, 6.07) is 3.11. The zero-order chi connectivity index (χ0) is 13.9. The van der Waals surface area contributed by atoms with Crippen molar-refractivity contribution in [1.29, 1.82) is 0 Å². The summed E-state index contributed by atoms with van der Waals surface area (Å²) >= 11 is 0. The van der Waals surface area contributed by atoms with Crippen molar-refractivity contribution >= 4 is 0 Å². The van der Waals surface area contributed by atoms with Crippen molar-refractivity contribution in [3.8, 4) is 0 Å². The summed E-state index contributed by atoms with van der Waals surface area (Å²) in [5, 5.41) is 22.1. The molecule has 0 aliphatic carbocycles. The fourth-order valence-corrected chi connectivity index (χ4v) is 1.66. The fraction of sp³-hybridized carbons (Fsp3) is 0.500. The summed E-state index contributed by atoms with van der Waals surface area (Å²) in [7, 11) is 1.58. The number of benzene rings is 1. The Morgan fingerprint density at radius 1 is 1.28 bits per heavy atom. The number of alkyl halides is 3. The Morgan fingerprint density at radius 2 is 1.89 bits per heavy atom. The van der Waals surface area contributed by atoms with E-state index in [-0.39, 0.29) is 12.1 Å². The van der Waals surface area contributed by atoms with Gasteiger partial charge in [0.25, 0.3) is 0 Å². The number of likely N-dealkylation sites (N-methyl/N-ethyl adjacent to an activating group) is 1. The number of nitrogens with one attached hydrogen (secondary N) is 1. The van der Waals surface area contributed by atoms with E-state index in [9.17, 15) is 23.4 Å². The van der Waals surface area contributed by atoms with Crippen molar-refractivity contribution in [2.75, 3.05) is 13.6 Å². The molecule has 0 saturated heterocycles. The molecule has 0 aliphatic rings. The number of hydrogen-bond donors (Lipinski definition) is 3. The molecule has 1 aromatic carbocycles. The summed E-state index contributed by atoms with van der Waals surface area (Å²) in [6.07, 6.45) is -6.97. The molecule has 0 radical (unpaired) electrons. The molecule has 0 saturated carbocycles. The molecule has 0 aromatic heterocycles. The molecule has 0 fully saturated rings. The van der Waals surface area contributed by atoms with E-state index in [0.717, 1.165) is 12.1 Å². The van der Waals surface area contributed by atoms with Gasteiger partial charge >= 0.3 is 6.18 Å². The Labute approximate surface area is 103 Å². The van der Waals surface area contributed by atoms with E-state index in [1.165, 1.54) is 6.07 Å². The zero-order valence-corrected chi connectivity index (χ0v) is 10.1. The zero-order valence-electron chi connectivity index (χ0n) is 10.1. The van der Waals surface area contributed by atoms with Crippen LogP contribution in [0.5, 0.6) is 0 Å². The van der Waals surface area contributed by atoms with Crippen LogP contribution in [0.2, 0.25) is 0 Å². The van der Waals surface area contributed by atoms with Gasteiger partial charge in [-0.1, -0.05) is 6.07 Å². The fourth-order valence-electron chi connectivity index (χ4n) is 1.66. The molecule has 3 N–H and O–H groups in total. The predicted molar refractivity (Wildman–Crippen MR) is 61.1 cm³/mol. The maximum atomic E-state index is 12.6. The third-order valence-corrected chi connectivity index (χ3v) is 2.70. The Morgan fingerprint density at radius 3 is 2.39 bits per heavy atom. The smallest absolute Gasteiger partial charge is 0.389 e. The second kappa shape index (κ2) is 5.69. The van der Waals surface area contributed by atoms with Crippen molar-refractivity contribution in [3.63, 3.8) is 0 Å². The molecule has 0 bridgehead atoms. The van der Waals surface area contributed by atoms with Gasteiger partial charge in [-0.15, -0.1) is 0 Å². The highest BCUT2D eigenvalue weighted by Crippen LogP contribution is 2.32. The van der Waals surface area contributed by atoms with Gasteiger partial charge in [-0.05, 0) is 37.2 Å². The summed E-state index contributed by atoms with van der Waals surface area (Å²) in [5.41, 5.74) is -0.239. The first-order valence-corrected chi connectivity index (χ1v) is 5.46. The summed E-state index contributed by atoms with van der Waals surface area (Å²) in [6.45, 7) is 1.68. The van der Waals surface area contributed by atoms with E-state index in [1.54, 1.807) is 14.0 Å². The molecule has 2 atom stereocenters. The molecule has 18 heavy (non-hydrogen) atoms. The minimum Gasteiger partial charge on any atom is -0.389 e. The molecule has 0 spiro atoms. The number of aryl methyl sites for hydroxylation is 1. The van der Waals surface area contributed by atoms with Crippen LogP contribution >= 0.6 is 0 Å². The molecule has 2 unspecified atom stereocenters. The summed E-state index contributed by atoms with van der Waals surface area (Å²) < 4.78 is 37.7. The third-order valence-electron chi connectivity index (χ3n) is 2.70. The van der Waals surface area contributed by atoms with Gasteiger partial charge in [0, 0.05) is 6.54 Å². The molecule has 0 amide bonds. The highest BCUT2D eigenvalue weighted by atomic mass is 19.4. The first-order valence-electron chi connectivity index (χ1n) is 5.46. The van der Waals surface area contributed by atoms with Gasteiger partial charge < -0.3 is 15.5 Å². The van der Waals surface area contributed by atoms with Crippen LogP contribution in [0.3, 0.4) is 0 Å². The lowest BCUT2D eigenvalue weighted by Gasteiger charge is -2.21. The maximum Gasteiger partial charge on any atom is 0.416 e. The van der Waals surface area contributed by atoms with Crippen LogP contribution in [0.15, 0.2) is 18.2 Å². The lowest BCUT2D eigenvalue weighted by atomic mass is 9.97. The van der Waals surface area contributed by atoms with Crippen LogP contribution in [0.25, 0.3) is 0 Å². The van der Waals surface area contributed by atoms with Crippen LogP contribution in [0.4, 0.5) is 13.2 Å². The minimum absolute atomic E-state index is 0.0903. The molecular weight excluding hydrogens is 247 g/mol. The first kappa shape index (κ1) is 14.9. The average molecular weight is 263 g/mol.